The highest BCUT2D eigenvalue weighted by Gasteiger charge is 2.06. The van der Waals surface area contributed by atoms with Crippen molar-refractivity contribution in [3.63, 3.8) is 0 Å². The van der Waals surface area contributed by atoms with Crippen molar-refractivity contribution in [3.8, 4) is 12.3 Å². The summed E-state index contributed by atoms with van der Waals surface area (Å²) in [5, 5.41) is 8.16. The number of hydrogen-bond acceptors (Lipinski definition) is 1. The molecular formula is C6H6O2. The smallest absolute Gasteiger partial charge is 0.322 e. The van der Waals surface area contributed by atoms with E-state index in [9.17, 15) is 4.79 Å². The average molecular weight is 110 g/mol. The van der Waals surface area contributed by atoms with E-state index < -0.39 is 11.9 Å². The Kier molecular flexibility index (Phi) is 2.42. The van der Waals surface area contributed by atoms with Gasteiger partial charge < -0.3 is 5.11 Å². The summed E-state index contributed by atoms with van der Waals surface area (Å²) in [4.78, 5) is 9.95. The summed E-state index contributed by atoms with van der Waals surface area (Å²) in [6, 6.07) is 0. The molecule has 8 heavy (non-hydrogen) atoms. The molecule has 2 nitrogen and oxygen atoms in total. The molecule has 0 aliphatic heterocycles. The van der Waals surface area contributed by atoms with E-state index in [0.717, 1.165) is 0 Å². The first-order valence-electron chi connectivity index (χ1n) is 2.04. The summed E-state index contributed by atoms with van der Waals surface area (Å²) in [5.41, 5.74) is 0. The topological polar surface area (TPSA) is 37.3 Å². The molecule has 0 aromatic rings. The molecule has 0 bridgehead atoms. The summed E-state index contributed by atoms with van der Waals surface area (Å²) in [7, 11) is 0. The Hall–Kier alpha value is -1.23. The fraction of sp³-hybridized carbons (Fsp3) is 0.167. The van der Waals surface area contributed by atoms with Crippen LogP contribution in [0.3, 0.4) is 0 Å². The second-order valence-corrected chi connectivity index (χ2v) is 1.22. The van der Waals surface area contributed by atoms with Crippen LogP contribution in [0.5, 0.6) is 0 Å². The average Bonchev–Trinajstić information content (AvgIpc) is 1.69. The third-order valence-corrected chi connectivity index (χ3v) is 0.681. The van der Waals surface area contributed by atoms with Gasteiger partial charge in [0.2, 0.25) is 0 Å². The lowest BCUT2D eigenvalue weighted by Gasteiger charge is -1.91. The van der Waals surface area contributed by atoms with Gasteiger partial charge in [-0.1, -0.05) is 12.0 Å². The van der Waals surface area contributed by atoms with Crippen LogP contribution in [0.4, 0.5) is 0 Å². The first-order chi connectivity index (χ1) is 3.72. The van der Waals surface area contributed by atoms with Crippen molar-refractivity contribution >= 4 is 5.97 Å². The van der Waals surface area contributed by atoms with Gasteiger partial charge in [0.05, 0.1) is 0 Å². The van der Waals surface area contributed by atoms with Gasteiger partial charge in [-0.25, -0.2) is 0 Å². The van der Waals surface area contributed by atoms with E-state index in [2.05, 4.69) is 6.58 Å². The van der Waals surface area contributed by atoms with Crippen LogP contribution < -0.4 is 0 Å². The first-order valence-corrected chi connectivity index (χ1v) is 2.04. The highest BCUT2D eigenvalue weighted by Crippen LogP contribution is 1.92. The van der Waals surface area contributed by atoms with Gasteiger partial charge >= 0.3 is 5.97 Å². The quantitative estimate of drug-likeness (QED) is 0.415. The minimum Gasteiger partial charge on any atom is -0.480 e. The number of aliphatic carboxylic acids is 1. The zero-order chi connectivity index (χ0) is 6.57. The van der Waals surface area contributed by atoms with Crippen LogP contribution in [0.2, 0.25) is 0 Å². The number of rotatable bonds is 2. The number of terminal acetylenes is 1. The largest absolute Gasteiger partial charge is 0.480 e. The van der Waals surface area contributed by atoms with Gasteiger partial charge in [0.25, 0.3) is 0 Å². The number of carboxylic acids is 1. The maximum absolute atomic E-state index is 9.95. The summed E-state index contributed by atoms with van der Waals surface area (Å²) in [6.07, 6.45) is 5.99. The monoisotopic (exact) mass is 110 g/mol. The zero-order valence-electron chi connectivity index (χ0n) is 4.29. The third-order valence-electron chi connectivity index (χ3n) is 0.681. The van der Waals surface area contributed by atoms with E-state index in [1.807, 2.05) is 5.92 Å². The van der Waals surface area contributed by atoms with Gasteiger partial charge in [0.15, 0.2) is 0 Å². The normalized spacial score (nSPS) is 11.4. The van der Waals surface area contributed by atoms with Crippen molar-refractivity contribution in [2.45, 2.75) is 0 Å². The summed E-state index contributed by atoms with van der Waals surface area (Å²) >= 11 is 0. The standard InChI is InChI=1S/C6H6O2/c1-3-5(4-2)6(7)8/h1,4-5H,2H2,(H,7,8). The number of carbonyl (C=O) groups is 1. The van der Waals surface area contributed by atoms with Gasteiger partial charge in [0.1, 0.15) is 5.92 Å². The van der Waals surface area contributed by atoms with Crippen LogP contribution in [-0.2, 0) is 4.79 Å². The van der Waals surface area contributed by atoms with Gasteiger partial charge in [-0.3, -0.25) is 4.79 Å². The van der Waals surface area contributed by atoms with Gasteiger partial charge in [-0.05, 0) is 0 Å². The van der Waals surface area contributed by atoms with E-state index in [1.54, 1.807) is 0 Å². The fourth-order valence-corrected chi connectivity index (χ4v) is 0.240. The summed E-state index contributed by atoms with van der Waals surface area (Å²) in [5.74, 6) is 0.170. The van der Waals surface area contributed by atoms with Crippen LogP contribution in [0, 0.1) is 18.3 Å². The number of carboxylic acid groups (broad SMARTS) is 1. The molecule has 0 saturated heterocycles. The molecule has 1 unspecified atom stereocenters. The van der Waals surface area contributed by atoms with Crippen LogP contribution in [-0.4, -0.2) is 11.1 Å². The lowest BCUT2D eigenvalue weighted by molar-refractivity contribution is -0.138. The summed E-state index contributed by atoms with van der Waals surface area (Å²) < 4.78 is 0. The molecule has 2 heteroatoms. The predicted molar refractivity (Wildman–Crippen MR) is 30.2 cm³/mol. The highest BCUT2D eigenvalue weighted by molar-refractivity contribution is 5.75. The van der Waals surface area contributed by atoms with E-state index in [4.69, 9.17) is 11.5 Å². The van der Waals surface area contributed by atoms with Crippen molar-refractivity contribution in [1.82, 2.24) is 0 Å². The molecule has 0 saturated carbocycles. The first kappa shape index (κ1) is 6.77. The van der Waals surface area contributed by atoms with Crippen molar-refractivity contribution in [1.29, 1.82) is 0 Å². The molecule has 1 atom stereocenters. The molecule has 0 spiro atoms. The Morgan fingerprint density at radius 1 is 2.00 bits per heavy atom. The molecule has 0 fully saturated rings. The van der Waals surface area contributed by atoms with Crippen molar-refractivity contribution in [2.24, 2.45) is 5.92 Å². The highest BCUT2D eigenvalue weighted by atomic mass is 16.4. The molecule has 0 heterocycles. The van der Waals surface area contributed by atoms with Crippen molar-refractivity contribution < 1.29 is 9.90 Å². The zero-order valence-corrected chi connectivity index (χ0v) is 4.29. The minimum atomic E-state index is -1.03. The molecule has 0 amide bonds. The fourth-order valence-electron chi connectivity index (χ4n) is 0.240. The van der Waals surface area contributed by atoms with Gasteiger partial charge in [-0.2, -0.15) is 0 Å². The number of hydrogen-bond donors (Lipinski definition) is 1. The molecule has 0 aliphatic carbocycles. The van der Waals surface area contributed by atoms with E-state index in [1.165, 1.54) is 6.08 Å². The maximum atomic E-state index is 9.95. The second-order valence-electron chi connectivity index (χ2n) is 1.22. The molecule has 0 aliphatic rings. The Labute approximate surface area is 47.8 Å². The molecule has 0 aromatic heterocycles. The molecule has 1 N–H and O–H groups in total. The SMILES string of the molecule is C#CC(C=C)C(=O)O. The predicted octanol–water partition coefficient (Wildman–Crippen LogP) is 0.506. The lowest BCUT2D eigenvalue weighted by atomic mass is 10.2. The maximum Gasteiger partial charge on any atom is 0.322 e. The third kappa shape index (κ3) is 1.48. The lowest BCUT2D eigenvalue weighted by Crippen LogP contribution is -2.06. The van der Waals surface area contributed by atoms with Crippen LogP contribution in [0.1, 0.15) is 0 Å². The van der Waals surface area contributed by atoms with Crippen molar-refractivity contribution in [3.05, 3.63) is 12.7 Å². The Balaban J connectivity index is 3.95. The minimum absolute atomic E-state index is 0.838. The van der Waals surface area contributed by atoms with Crippen LogP contribution in [0.25, 0.3) is 0 Å². The summed E-state index contributed by atoms with van der Waals surface area (Å²) in [6.45, 7) is 3.23. The van der Waals surface area contributed by atoms with Gasteiger partial charge in [-0.15, -0.1) is 13.0 Å². The van der Waals surface area contributed by atoms with E-state index >= 15 is 0 Å². The Morgan fingerprint density at radius 2 is 2.50 bits per heavy atom. The van der Waals surface area contributed by atoms with Crippen LogP contribution in [0.15, 0.2) is 12.7 Å². The Bertz CT molecular complexity index is 141. The molecule has 42 valence electrons. The van der Waals surface area contributed by atoms with Crippen molar-refractivity contribution in [2.75, 3.05) is 0 Å². The molecule has 0 radical (unpaired) electrons. The molecular weight excluding hydrogens is 104 g/mol. The molecule has 0 aromatic carbocycles. The van der Waals surface area contributed by atoms with E-state index in [-0.39, 0.29) is 0 Å². The molecule has 0 rings (SSSR count). The Morgan fingerprint density at radius 3 is 2.50 bits per heavy atom. The second kappa shape index (κ2) is 2.86. The van der Waals surface area contributed by atoms with Crippen LogP contribution >= 0.6 is 0 Å². The van der Waals surface area contributed by atoms with Gasteiger partial charge in [0, 0.05) is 0 Å². The van der Waals surface area contributed by atoms with E-state index in [0.29, 0.717) is 0 Å².